The molecular weight excluding hydrogens is 402 g/mol. The number of carbonyl (C=O) groups is 1. The normalized spacial score (nSPS) is 12.1. The summed E-state index contributed by atoms with van der Waals surface area (Å²) in [5.74, 6) is 1.59. The first kappa shape index (κ1) is 20.0. The topological polar surface area (TPSA) is 69.3 Å². The number of aryl methyl sites for hydroxylation is 1. The van der Waals surface area contributed by atoms with Crippen LogP contribution in [0.1, 0.15) is 35.8 Å². The fourth-order valence-electron chi connectivity index (χ4n) is 3.34. The number of carbonyl (C=O) groups excluding carboxylic acids is 1. The number of rotatable bonds is 8. The van der Waals surface area contributed by atoms with Gasteiger partial charge in [-0.1, -0.05) is 23.7 Å². The molecule has 0 radical (unpaired) electrons. The van der Waals surface area contributed by atoms with E-state index in [2.05, 4.69) is 9.88 Å². The molecule has 0 saturated carbocycles. The zero-order valence-corrected chi connectivity index (χ0v) is 17.3. The number of aromatic nitrogens is 2. The van der Waals surface area contributed by atoms with Gasteiger partial charge in [0.2, 0.25) is 0 Å². The third kappa shape index (κ3) is 4.49. The minimum absolute atomic E-state index is 0.267. The second kappa shape index (κ2) is 9.05. The van der Waals surface area contributed by atoms with Crippen LogP contribution in [-0.2, 0) is 6.54 Å². The minimum atomic E-state index is -0.285. The number of nitrogens with zero attached hydrogens (tertiary/aromatic N) is 2. The number of imidazole rings is 1. The molecule has 4 rings (SSSR count). The van der Waals surface area contributed by atoms with Gasteiger partial charge in [-0.15, -0.1) is 0 Å². The average Bonchev–Trinajstić information content (AvgIpc) is 3.41. The van der Waals surface area contributed by atoms with E-state index in [1.165, 1.54) is 6.26 Å². The number of fused-ring (bicyclic) bond motifs is 1. The summed E-state index contributed by atoms with van der Waals surface area (Å²) in [6, 6.07) is 18.3. The van der Waals surface area contributed by atoms with E-state index < -0.39 is 0 Å². The molecule has 0 bridgehead atoms. The van der Waals surface area contributed by atoms with Gasteiger partial charge in [-0.25, -0.2) is 4.98 Å². The zero-order chi connectivity index (χ0) is 20.9. The van der Waals surface area contributed by atoms with Crippen LogP contribution in [0.2, 0.25) is 5.02 Å². The summed E-state index contributed by atoms with van der Waals surface area (Å²) in [6.45, 7) is 3.19. The molecule has 0 aliphatic heterocycles. The van der Waals surface area contributed by atoms with E-state index in [0.29, 0.717) is 18.2 Å². The Hall–Kier alpha value is -3.25. The molecule has 1 N–H and O–H groups in total. The molecule has 0 saturated heterocycles. The van der Waals surface area contributed by atoms with Gasteiger partial charge in [-0.05, 0) is 61.9 Å². The highest BCUT2D eigenvalue weighted by molar-refractivity contribution is 6.30. The highest BCUT2D eigenvalue weighted by Crippen LogP contribution is 2.22. The molecular formula is C23H22ClN3O3. The monoisotopic (exact) mass is 423 g/mol. The van der Waals surface area contributed by atoms with E-state index in [-0.39, 0.29) is 17.7 Å². The predicted octanol–water partition coefficient (Wildman–Crippen LogP) is 5.24. The Kier molecular flexibility index (Phi) is 6.05. The summed E-state index contributed by atoms with van der Waals surface area (Å²) in [4.78, 5) is 17.1. The van der Waals surface area contributed by atoms with Crippen molar-refractivity contribution in [2.45, 2.75) is 25.9 Å². The number of benzene rings is 2. The van der Waals surface area contributed by atoms with Crippen LogP contribution in [0, 0.1) is 0 Å². The van der Waals surface area contributed by atoms with Crippen molar-refractivity contribution in [3.63, 3.8) is 0 Å². The predicted molar refractivity (Wildman–Crippen MR) is 116 cm³/mol. The third-order valence-electron chi connectivity index (χ3n) is 4.77. The summed E-state index contributed by atoms with van der Waals surface area (Å²) in [5, 5.41) is 3.64. The van der Waals surface area contributed by atoms with Crippen LogP contribution in [-0.4, -0.2) is 22.1 Å². The van der Waals surface area contributed by atoms with E-state index >= 15 is 0 Å². The smallest absolute Gasteiger partial charge is 0.287 e. The van der Waals surface area contributed by atoms with Crippen LogP contribution in [0.4, 0.5) is 0 Å². The van der Waals surface area contributed by atoms with Crippen LogP contribution in [0.15, 0.2) is 71.3 Å². The van der Waals surface area contributed by atoms with E-state index in [4.69, 9.17) is 25.7 Å². The largest absolute Gasteiger partial charge is 0.494 e. The van der Waals surface area contributed by atoms with Gasteiger partial charge in [0.25, 0.3) is 5.91 Å². The van der Waals surface area contributed by atoms with E-state index in [1.54, 1.807) is 12.1 Å². The Labute approximate surface area is 179 Å². The van der Waals surface area contributed by atoms with E-state index in [0.717, 1.165) is 29.0 Å². The first-order chi connectivity index (χ1) is 14.6. The Morgan fingerprint density at radius 2 is 1.97 bits per heavy atom. The van der Waals surface area contributed by atoms with Crippen molar-refractivity contribution in [3.05, 3.63) is 83.5 Å². The fourth-order valence-corrected chi connectivity index (χ4v) is 3.47. The summed E-state index contributed by atoms with van der Waals surface area (Å²) in [6.07, 6.45) is 2.27. The number of hydrogen-bond acceptors (Lipinski definition) is 4. The molecule has 0 fully saturated rings. The second-order valence-corrected chi connectivity index (χ2v) is 7.38. The first-order valence-corrected chi connectivity index (χ1v) is 10.2. The second-order valence-electron chi connectivity index (χ2n) is 6.94. The molecule has 2 aromatic carbocycles. The lowest BCUT2D eigenvalue weighted by Crippen LogP contribution is -2.28. The van der Waals surface area contributed by atoms with Crippen LogP contribution in [0.25, 0.3) is 11.0 Å². The van der Waals surface area contributed by atoms with Crippen molar-refractivity contribution in [2.24, 2.45) is 0 Å². The lowest BCUT2D eigenvalue weighted by Gasteiger charge is -2.16. The van der Waals surface area contributed by atoms with Crippen LogP contribution in [0.5, 0.6) is 5.75 Å². The third-order valence-corrected chi connectivity index (χ3v) is 5.02. The van der Waals surface area contributed by atoms with E-state index in [9.17, 15) is 4.79 Å². The molecule has 0 aliphatic rings. The standard InChI is InChI=1S/C23H22ClN3O3/c1-16(25-23(28)21-8-4-14-30-21)22-26-19-6-2-3-7-20(19)27(22)13-5-15-29-18-11-9-17(24)10-12-18/h2-4,6-12,14,16H,5,13,15H2,1H3,(H,25,28). The maximum absolute atomic E-state index is 12.4. The molecule has 0 spiro atoms. The number of furan rings is 1. The number of nitrogens with one attached hydrogen (secondary N) is 1. The Bertz CT molecular complexity index is 1120. The number of ether oxygens (including phenoxy) is 1. The van der Waals surface area contributed by atoms with Crippen molar-refractivity contribution in [3.8, 4) is 5.75 Å². The quantitative estimate of drug-likeness (QED) is 0.393. The van der Waals surface area contributed by atoms with Crippen LogP contribution < -0.4 is 10.1 Å². The highest BCUT2D eigenvalue weighted by atomic mass is 35.5. The molecule has 1 atom stereocenters. The minimum Gasteiger partial charge on any atom is -0.494 e. The highest BCUT2D eigenvalue weighted by Gasteiger charge is 2.20. The molecule has 2 aromatic heterocycles. The molecule has 2 heterocycles. The van der Waals surface area contributed by atoms with Crippen LogP contribution in [0.3, 0.4) is 0 Å². The fraction of sp³-hybridized carbons (Fsp3) is 0.217. The van der Waals surface area contributed by atoms with Crippen molar-refractivity contribution < 1.29 is 13.9 Å². The van der Waals surface area contributed by atoms with Gasteiger partial charge in [0, 0.05) is 11.6 Å². The van der Waals surface area contributed by atoms with Gasteiger partial charge in [0.05, 0.1) is 29.9 Å². The average molecular weight is 424 g/mol. The van der Waals surface area contributed by atoms with Crippen molar-refractivity contribution in [1.82, 2.24) is 14.9 Å². The van der Waals surface area contributed by atoms with Crippen molar-refractivity contribution in [1.29, 1.82) is 0 Å². The zero-order valence-electron chi connectivity index (χ0n) is 16.5. The lowest BCUT2D eigenvalue weighted by atomic mass is 10.2. The number of para-hydroxylation sites is 2. The molecule has 7 heteroatoms. The van der Waals surface area contributed by atoms with Crippen molar-refractivity contribution in [2.75, 3.05) is 6.61 Å². The van der Waals surface area contributed by atoms with E-state index in [1.807, 2.05) is 55.5 Å². The van der Waals surface area contributed by atoms with Gasteiger partial charge in [0.15, 0.2) is 5.76 Å². The summed E-state index contributed by atoms with van der Waals surface area (Å²) in [5.41, 5.74) is 1.92. The molecule has 4 aromatic rings. The van der Waals surface area contributed by atoms with Gasteiger partial charge in [-0.3, -0.25) is 4.79 Å². The lowest BCUT2D eigenvalue weighted by molar-refractivity contribution is 0.0909. The Morgan fingerprint density at radius 3 is 2.73 bits per heavy atom. The van der Waals surface area contributed by atoms with Gasteiger partial charge >= 0.3 is 0 Å². The van der Waals surface area contributed by atoms with Gasteiger partial charge in [-0.2, -0.15) is 0 Å². The Morgan fingerprint density at radius 1 is 1.17 bits per heavy atom. The summed E-state index contributed by atoms with van der Waals surface area (Å²) >= 11 is 5.91. The molecule has 154 valence electrons. The van der Waals surface area contributed by atoms with Gasteiger partial charge < -0.3 is 19.0 Å². The molecule has 1 unspecified atom stereocenters. The molecule has 30 heavy (non-hydrogen) atoms. The maximum Gasteiger partial charge on any atom is 0.287 e. The van der Waals surface area contributed by atoms with Crippen molar-refractivity contribution >= 4 is 28.5 Å². The van der Waals surface area contributed by atoms with Crippen LogP contribution >= 0.6 is 11.6 Å². The maximum atomic E-state index is 12.4. The summed E-state index contributed by atoms with van der Waals surface area (Å²) in [7, 11) is 0. The molecule has 6 nitrogen and oxygen atoms in total. The molecule has 1 amide bonds. The number of hydrogen-bond donors (Lipinski definition) is 1. The SMILES string of the molecule is CC(NC(=O)c1ccco1)c1nc2ccccc2n1CCCOc1ccc(Cl)cc1. The summed E-state index contributed by atoms with van der Waals surface area (Å²) < 4.78 is 13.1. The number of halogens is 1. The molecule has 0 aliphatic carbocycles. The number of amides is 1. The Balaban J connectivity index is 1.47. The first-order valence-electron chi connectivity index (χ1n) is 9.80. The van der Waals surface area contributed by atoms with Gasteiger partial charge in [0.1, 0.15) is 11.6 Å².